The second-order valence-electron chi connectivity index (χ2n) is 6.03. The first-order chi connectivity index (χ1) is 11.8. The number of anilines is 1. The summed E-state index contributed by atoms with van der Waals surface area (Å²) in [5.41, 5.74) is 0.774. The number of hydrogen-bond acceptors (Lipinski definition) is 4. The standard InChI is InChI=1S/C19H23N3OS/c1-24-17-7-3-2-6-16(17)19(23)21-14-15-9-12-22(13-10-15)18-8-4-5-11-20-18/h2-8,11,15H,9-10,12-14H2,1H3,(H,21,23). The Bertz CT molecular complexity index is 669. The molecule has 0 radical (unpaired) electrons. The van der Waals surface area contributed by atoms with E-state index >= 15 is 0 Å². The Kier molecular flexibility index (Phi) is 5.75. The maximum absolute atomic E-state index is 12.4. The van der Waals surface area contributed by atoms with Gasteiger partial charge in [0, 0.05) is 30.7 Å². The Labute approximate surface area is 147 Å². The number of nitrogens with zero attached hydrogens (tertiary/aromatic N) is 2. The van der Waals surface area contributed by atoms with Crippen LogP contribution in [0.15, 0.2) is 53.6 Å². The van der Waals surface area contributed by atoms with E-state index in [1.54, 1.807) is 11.8 Å². The average molecular weight is 341 g/mol. The second kappa shape index (κ2) is 8.20. The maximum atomic E-state index is 12.4. The Morgan fingerprint density at radius 2 is 1.96 bits per heavy atom. The summed E-state index contributed by atoms with van der Waals surface area (Å²) in [7, 11) is 0. The van der Waals surface area contributed by atoms with Crippen LogP contribution in [0.4, 0.5) is 5.82 Å². The lowest BCUT2D eigenvalue weighted by Gasteiger charge is -2.32. The molecular formula is C19H23N3OS. The lowest BCUT2D eigenvalue weighted by Crippen LogP contribution is -2.39. The van der Waals surface area contributed by atoms with Crippen LogP contribution >= 0.6 is 11.8 Å². The maximum Gasteiger partial charge on any atom is 0.252 e. The highest BCUT2D eigenvalue weighted by molar-refractivity contribution is 7.98. The SMILES string of the molecule is CSc1ccccc1C(=O)NCC1CCN(c2ccccn2)CC1. The summed E-state index contributed by atoms with van der Waals surface area (Å²) >= 11 is 1.61. The minimum absolute atomic E-state index is 0.0344. The van der Waals surface area contributed by atoms with Crippen molar-refractivity contribution in [1.82, 2.24) is 10.3 Å². The molecule has 1 aromatic heterocycles. The quantitative estimate of drug-likeness (QED) is 0.846. The summed E-state index contributed by atoms with van der Waals surface area (Å²) in [5.74, 6) is 1.62. The van der Waals surface area contributed by atoms with E-state index in [1.165, 1.54) is 0 Å². The number of nitrogens with one attached hydrogen (secondary N) is 1. The molecule has 1 saturated heterocycles. The zero-order chi connectivity index (χ0) is 16.8. The predicted octanol–water partition coefficient (Wildman–Crippen LogP) is 3.45. The summed E-state index contributed by atoms with van der Waals surface area (Å²) < 4.78 is 0. The van der Waals surface area contributed by atoms with Crippen molar-refractivity contribution in [2.45, 2.75) is 17.7 Å². The zero-order valence-electron chi connectivity index (χ0n) is 13.9. The monoisotopic (exact) mass is 341 g/mol. The van der Waals surface area contributed by atoms with Crippen LogP contribution in [0, 0.1) is 5.92 Å². The number of amides is 1. The van der Waals surface area contributed by atoms with Gasteiger partial charge in [0.15, 0.2) is 0 Å². The van der Waals surface area contributed by atoms with Gasteiger partial charge >= 0.3 is 0 Å². The van der Waals surface area contributed by atoms with Gasteiger partial charge < -0.3 is 10.2 Å². The molecule has 1 fully saturated rings. The highest BCUT2D eigenvalue weighted by atomic mass is 32.2. The van der Waals surface area contributed by atoms with Gasteiger partial charge in [-0.15, -0.1) is 11.8 Å². The number of hydrogen-bond donors (Lipinski definition) is 1. The molecule has 24 heavy (non-hydrogen) atoms. The van der Waals surface area contributed by atoms with Crippen molar-refractivity contribution < 1.29 is 4.79 Å². The van der Waals surface area contributed by atoms with Gasteiger partial charge in [-0.05, 0) is 49.3 Å². The molecule has 0 bridgehead atoms. The average Bonchev–Trinajstić information content (AvgIpc) is 2.67. The molecule has 0 aliphatic carbocycles. The van der Waals surface area contributed by atoms with Gasteiger partial charge in [-0.3, -0.25) is 4.79 Å². The number of aromatic nitrogens is 1. The lowest BCUT2D eigenvalue weighted by atomic mass is 9.96. The van der Waals surface area contributed by atoms with Crippen LogP contribution in [0.2, 0.25) is 0 Å². The first-order valence-electron chi connectivity index (χ1n) is 8.35. The summed E-state index contributed by atoms with van der Waals surface area (Å²) in [6, 6.07) is 13.8. The van der Waals surface area contributed by atoms with Crippen LogP contribution < -0.4 is 10.2 Å². The Morgan fingerprint density at radius 3 is 2.67 bits per heavy atom. The summed E-state index contributed by atoms with van der Waals surface area (Å²) in [6.45, 7) is 2.75. The molecule has 0 atom stereocenters. The third-order valence-corrected chi connectivity index (χ3v) is 5.29. The molecule has 0 saturated carbocycles. The van der Waals surface area contributed by atoms with E-state index in [0.29, 0.717) is 5.92 Å². The Balaban J connectivity index is 1.49. The predicted molar refractivity (Wildman–Crippen MR) is 99.7 cm³/mol. The number of piperidine rings is 1. The highest BCUT2D eigenvalue weighted by Crippen LogP contribution is 2.22. The third-order valence-electron chi connectivity index (χ3n) is 4.49. The van der Waals surface area contributed by atoms with Gasteiger partial charge in [0.1, 0.15) is 5.82 Å². The van der Waals surface area contributed by atoms with Crippen LogP contribution in [-0.2, 0) is 0 Å². The van der Waals surface area contributed by atoms with Crippen LogP contribution in [0.25, 0.3) is 0 Å². The number of carbonyl (C=O) groups is 1. The van der Waals surface area contributed by atoms with Crippen LogP contribution in [0.5, 0.6) is 0 Å². The fourth-order valence-electron chi connectivity index (χ4n) is 3.07. The van der Waals surface area contributed by atoms with E-state index < -0.39 is 0 Å². The van der Waals surface area contributed by atoms with E-state index in [9.17, 15) is 4.79 Å². The van der Waals surface area contributed by atoms with Crippen molar-refractivity contribution >= 4 is 23.5 Å². The van der Waals surface area contributed by atoms with Gasteiger partial charge in [-0.2, -0.15) is 0 Å². The minimum Gasteiger partial charge on any atom is -0.357 e. The summed E-state index contributed by atoms with van der Waals surface area (Å²) in [4.78, 5) is 20.2. The number of pyridine rings is 1. The molecule has 1 N–H and O–H groups in total. The fraction of sp³-hybridized carbons (Fsp3) is 0.368. The van der Waals surface area contributed by atoms with Crippen molar-refractivity contribution in [3.05, 3.63) is 54.2 Å². The molecule has 3 rings (SSSR count). The smallest absolute Gasteiger partial charge is 0.252 e. The van der Waals surface area contributed by atoms with E-state index in [2.05, 4.69) is 21.3 Å². The van der Waals surface area contributed by atoms with Crippen LogP contribution in [0.1, 0.15) is 23.2 Å². The van der Waals surface area contributed by atoms with Crippen molar-refractivity contribution in [3.63, 3.8) is 0 Å². The van der Waals surface area contributed by atoms with Gasteiger partial charge in [0.05, 0.1) is 5.56 Å². The number of carbonyl (C=O) groups excluding carboxylic acids is 1. The van der Waals surface area contributed by atoms with Crippen molar-refractivity contribution in [3.8, 4) is 0 Å². The molecular weight excluding hydrogens is 318 g/mol. The van der Waals surface area contributed by atoms with Crippen LogP contribution in [-0.4, -0.2) is 36.8 Å². The van der Waals surface area contributed by atoms with Crippen molar-refractivity contribution in [2.75, 3.05) is 30.8 Å². The van der Waals surface area contributed by atoms with Gasteiger partial charge in [-0.1, -0.05) is 18.2 Å². The Morgan fingerprint density at radius 1 is 1.21 bits per heavy atom. The van der Waals surface area contributed by atoms with Crippen LogP contribution in [0.3, 0.4) is 0 Å². The van der Waals surface area contributed by atoms with Crippen molar-refractivity contribution in [2.24, 2.45) is 5.92 Å². The number of benzene rings is 1. The molecule has 0 spiro atoms. The first kappa shape index (κ1) is 16.8. The molecule has 1 aliphatic rings. The van der Waals surface area contributed by atoms with Gasteiger partial charge in [-0.25, -0.2) is 4.98 Å². The molecule has 4 nitrogen and oxygen atoms in total. The fourth-order valence-corrected chi connectivity index (χ4v) is 3.67. The summed E-state index contributed by atoms with van der Waals surface area (Å²) in [5, 5.41) is 3.11. The normalized spacial score (nSPS) is 15.3. The lowest BCUT2D eigenvalue weighted by molar-refractivity contribution is 0.0942. The molecule has 126 valence electrons. The number of thioether (sulfide) groups is 1. The molecule has 0 unspecified atom stereocenters. The minimum atomic E-state index is 0.0344. The largest absolute Gasteiger partial charge is 0.357 e. The van der Waals surface area contributed by atoms with Gasteiger partial charge in [0.25, 0.3) is 5.91 Å². The molecule has 1 aromatic carbocycles. The third kappa shape index (κ3) is 4.09. The number of rotatable bonds is 5. The molecule has 1 aliphatic heterocycles. The molecule has 2 heterocycles. The van der Waals surface area contributed by atoms with E-state index in [0.717, 1.165) is 48.8 Å². The van der Waals surface area contributed by atoms with Crippen molar-refractivity contribution in [1.29, 1.82) is 0 Å². The van der Waals surface area contributed by atoms with E-state index in [-0.39, 0.29) is 5.91 Å². The van der Waals surface area contributed by atoms with E-state index in [4.69, 9.17) is 0 Å². The molecule has 2 aromatic rings. The topological polar surface area (TPSA) is 45.2 Å². The summed E-state index contributed by atoms with van der Waals surface area (Å²) in [6.07, 6.45) is 6.01. The zero-order valence-corrected chi connectivity index (χ0v) is 14.8. The van der Waals surface area contributed by atoms with E-state index in [1.807, 2.05) is 48.9 Å². The Hall–Kier alpha value is -2.01. The highest BCUT2D eigenvalue weighted by Gasteiger charge is 2.21. The van der Waals surface area contributed by atoms with Gasteiger partial charge in [0.2, 0.25) is 0 Å². The molecule has 5 heteroatoms. The first-order valence-corrected chi connectivity index (χ1v) is 9.57. The molecule has 1 amide bonds. The second-order valence-corrected chi connectivity index (χ2v) is 6.88.